The van der Waals surface area contributed by atoms with Crippen molar-refractivity contribution in [3.63, 3.8) is 0 Å². The molecule has 2 heterocycles. The molecule has 0 aromatic carbocycles. The molecule has 1 amide bonds. The SMILES string of the molecule is O=C(CCOC1CCNCC1)NCCC1CCOC1. The van der Waals surface area contributed by atoms with Gasteiger partial charge < -0.3 is 20.1 Å². The summed E-state index contributed by atoms with van der Waals surface area (Å²) in [6.45, 7) is 5.10. The van der Waals surface area contributed by atoms with Crippen LogP contribution < -0.4 is 10.6 Å². The predicted octanol–water partition coefficient (Wildman–Crippen LogP) is 0.688. The molecule has 0 saturated carbocycles. The van der Waals surface area contributed by atoms with Gasteiger partial charge in [-0.25, -0.2) is 0 Å². The molecule has 2 fully saturated rings. The van der Waals surface area contributed by atoms with E-state index in [-0.39, 0.29) is 5.91 Å². The third-order valence-electron chi connectivity index (χ3n) is 3.87. The van der Waals surface area contributed by atoms with Crippen LogP contribution in [-0.2, 0) is 14.3 Å². The fourth-order valence-corrected chi connectivity index (χ4v) is 2.60. The van der Waals surface area contributed by atoms with E-state index >= 15 is 0 Å². The smallest absolute Gasteiger partial charge is 0.222 e. The van der Waals surface area contributed by atoms with E-state index in [1.807, 2.05) is 0 Å². The summed E-state index contributed by atoms with van der Waals surface area (Å²) in [6, 6.07) is 0. The topological polar surface area (TPSA) is 59.6 Å². The number of hydrogen-bond donors (Lipinski definition) is 2. The van der Waals surface area contributed by atoms with Crippen molar-refractivity contribution in [1.82, 2.24) is 10.6 Å². The van der Waals surface area contributed by atoms with Crippen molar-refractivity contribution in [2.75, 3.05) is 39.5 Å². The Hall–Kier alpha value is -0.650. The molecule has 2 aliphatic rings. The lowest BCUT2D eigenvalue weighted by Crippen LogP contribution is -2.33. The third-order valence-corrected chi connectivity index (χ3v) is 3.87. The first-order chi connectivity index (χ1) is 9.34. The molecule has 19 heavy (non-hydrogen) atoms. The van der Waals surface area contributed by atoms with E-state index in [2.05, 4.69) is 10.6 Å². The van der Waals surface area contributed by atoms with Gasteiger partial charge in [-0.3, -0.25) is 4.79 Å². The molecule has 1 unspecified atom stereocenters. The summed E-state index contributed by atoms with van der Waals surface area (Å²) >= 11 is 0. The minimum Gasteiger partial charge on any atom is -0.381 e. The Morgan fingerprint density at radius 2 is 2.16 bits per heavy atom. The Morgan fingerprint density at radius 1 is 1.32 bits per heavy atom. The first kappa shape index (κ1) is 14.8. The average molecular weight is 270 g/mol. The minimum absolute atomic E-state index is 0.104. The highest BCUT2D eigenvalue weighted by Gasteiger charge is 2.16. The van der Waals surface area contributed by atoms with Crippen molar-refractivity contribution in [2.45, 2.75) is 38.2 Å². The molecular formula is C14H26N2O3. The van der Waals surface area contributed by atoms with Crippen LogP contribution in [0.4, 0.5) is 0 Å². The summed E-state index contributed by atoms with van der Waals surface area (Å²) in [5, 5.41) is 6.26. The van der Waals surface area contributed by atoms with Crippen LogP contribution in [0.5, 0.6) is 0 Å². The molecule has 2 aliphatic heterocycles. The van der Waals surface area contributed by atoms with Gasteiger partial charge >= 0.3 is 0 Å². The minimum atomic E-state index is 0.104. The molecule has 0 aromatic heterocycles. The summed E-state index contributed by atoms with van der Waals surface area (Å²) < 4.78 is 11.0. The first-order valence-corrected chi connectivity index (χ1v) is 7.51. The van der Waals surface area contributed by atoms with Crippen molar-refractivity contribution < 1.29 is 14.3 Å². The third kappa shape index (κ3) is 5.89. The highest BCUT2D eigenvalue weighted by atomic mass is 16.5. The molecule has 1 atom stereocenters. The van der Waals surface area contributed by atoms with Gasteiger partial charge in [0.15, 0.2) is 0 Å². The molecule has 2 rings (SSSR count). The number of hydrogen-bond acceptors (Lipinski definition) is 4. The lowest BCUT2D eigenvalue weighted by molar-refractivity contribution is -0.122. The molecule has 5 nitrogen and oxygen atoms in total. The predicted molar refractivity (Wildman–Crippen MR) is 73.0 cm³/mol. The largest absolute Gasteiger partial charge is 0.381 e. The number of rotatable bonds is 7. The van der Waals surface area contributed by atoms with Crippen LogP contribution in [-0.4, -0.2) is 51.5 Å². The second-order valence-corrected chi connectivity index (χ2v) is 5.44. The number of amides is 1. The van der Waals surface area contributed by atoms with Crippen molar-refractivity contribution in [2.24, 2.45) is 5.92 Å². The Labute approximate surface area is 115 Å². The molecule has 110 valence electrons. The molecule has 0 aliphatic carbocycles. The fraction of sp³-hybridized carbons (Fsp3) is 0.929. The van der Waals surface area contributed by atoms with E-state index in [0.717, 1.165) is 58.5 Å². The second kappa shape index (κ2) is 8.51. The lowest BCUT2D eigenvalue weighted by atomic mass is 10.1. The average Bonchev–Trinajstić information content (AvgIpc) is 2.93. The van der Waals surface area contributed by atoms with E-state index in [1.165, 1.54) is 0 Å². The van der Waals surface area contributed by atoms with Gasteiger partial charge in [-0.15, -0.1) is 0 Å². The summed E-state index contributed by atoms with van der Waals surface area (Å²) in [4.78, 5) is 11.6. The molecular weight excluding hydrogens is 244 g/mol. The molecule has 0 bridgehead atoms. The zero-order valence-corrected chi connectivity index (χ0v) is 11.7. The Bertz CT molecular complexity index is 261. The molecule has 2 saturated heterocycles. The summed E-state index contributed by atoms with van der Waals surface area (Å²) in [5.74, 6) is 0.735. The van der Waals surface area contributed by atoms with Gasteiger partial charge in [-0.05, 0) is 44.7 Å². The van der Waals surface area contributed by atoms with Crippen molar-refractivity contribution in [3.8, 4) is 0 Å². The first-order valence-electron chi connectivity index (χ1n) is 7.51. The fourth-order valence-electron chi connectivity index (χ4n) is 2.60. The maximum Gasteiger partial charge on any atom is 0.222 e. The maximum absolute atomic E-state index is 11.6. The second-order valence-electron chi connectivity index (χ2n) is 5.44. The number of nitrogens with one attached hydrogen (secondary N) is 2. The number of ether oxygens (including phenoxy) is 2. The van der Waals surface area contributed by atoms with E-state index < -0.39 is 0 Å². The van der Waals surface area contributed by atoms with E-state index in [0.29, 0.717) is 25.0 Å². The number of carbonyl (C=O) groups excluding carboxylic acids is 1. The van der Waals surface area contributed by atoms with Crippen LogP contribution in [0.15, 0.2) is 0 Å². The Kier molecular flexibility index (Phi) is 6.61. The summed E-state index contributed by atoms with van der Waals surface area (Å²) in [7, 11) is 0. The van der Waals surface area contributed by atoms with Crippen LogP contribution >= 0.6 is 0 Å². The van der Waals surface area contributed by atoms with Crippen molar-refractivity contribution in [3.05, 3.63) is 0 Å². The van der Waals surface area contributed by atoms with Gasteiger partial charge in [0.2, 0.25) is 5.91 Å². The molecule has 0 radical (unpaired) electrons. The van der Waals surface area contributed by atoms with Crippen LogP contribution in [0.3, 0.4) is 0 Å². The van der Waals surface area contributed by atoms with Gasteiger partial charge in [0.25, 0.3) is 0 Å². The van der Waals surface area contributed by atoms with Crippen molar-refractivity contribution >= 4 is 5.91 Å². The Balaban J connectivity index is 1.44. The number of carbonyl (C=O) groups is 1. The van der Waals surface area contributed by atoms with Crippen LogP contribution in [0.1, 0.15) is 32.1 Å². The highest BCUT2D eigenvalue weighted by molar-refractivity contribution is 5.75. The van der Waals surface area contributed by atoms with Gasteiger partial charge in [0.05, 0.1) is 12.7 Å². The highest BCUT2D eigenvalue weighted by Crippen LogP contribution is 2.15. The van der Waals surface area contributed by atoms with Crippen LogP contribution in [0.2, 0.25) is 0 Å². The Morgan fingerprint density at radius 3 is 2.89 bits per heavy atom. The molecule has 2 N–H and O–H groups in total. The summed E-state index contributed by atoms with van der Waals surface area (Å²) in [5.41, 5.74) is 0. The van der Waals surface area contributed by atoms with Crippen molar-refractivity contribution in [1.29, 1.82) is 0 Å². The maximum atomic E-state index is 11.6. The van der Waals surface area contributed by atoms with Gasteiger partial charge in [-0.1, -0.05) is 0 Å². The summed E-state index contributed by atoms with van der Waals surface area (Å²) in [6.07, 6.45) is 5.09. The van der Waals surface area contributed by atoms with Gasteiger partial charge in [0, 0.05) is 26.2 Å². The quantitative estimate of drug-likeness (QED) is 0.714. The zero-order valence-electron chi connectivity index (χ0n) is 11.7. The zero-order chi connectivity index (χ0) is 13.3. The lowest BCUT2D eigenvalue weighted by Gasteiger charge is -2.22. The van der Waals surface area contributed by atoms with Gasteiger partial charge in [0.1, 0.15) is 0 Å². The van der Waals surface area contributed by atoms with E-state index in [9.17, 15) is 4.79 Å². The number of piperidine rings is 1. The monoisotopic (exact) mass is 270 g/mol. The molecule has 5 heteroatoms. The van der Waals surface area contributed by atoms with E-state index in [1.54, 1.807) is 0 Å². The molecule has 0 spiro atoms. The van der Waals surface area contributed by atoms with E-state index in [4.69, 9.17) is 9.47 Å². The van der Waals surface area contributed by atoms with Gasteiger partial charge in [-0.2, -0.15) is 0 Å². The van der Waals surface area contributed by atoms with Crippen LogP contribution in [0, 0.1) is 5.92 Å². The normalized spacial score (nSPS) is 24.5. The molecule has 0 aromatic rings. The standard InChI is InChI=1S/C14H26N2O3/c17-14(16-8-1-12-4-9-18-11-12)5-10-19-13-2-6-15-7-3-13/h12-13,15H,1-11H2,(H,16,17). The van der Waals surface area contributed by atoms with Crippen LogP contribution in [0.25, 0.3) is 0 Å².